The molecule has 0 aliphatic heterocycles. The summed E-state index contributed by atoms with van der Waals surface area (Å²) >= 11 is 0. The van der Waals surface area contributed by atoms with E-state index in [9.17, 15) is 0 Å². The maximum absolute atomic E-state index is 8.96. The molecule has 0 aliphatic rings. The summed E-state index contributed by atoms with van der Waals surface area (Å²) in [7, 11) is -0.618. The van der Waals surface area contributed by atoms with Gasteiger partial charge in [-0.2, -0.15) is 0 Å². The molecule has 0 saturated carbocycles. The standard InChI is InChI=1S/C27H26P2.C6H14O6.Pt/c1-5-14-24(15-6-1)28(25-16-7-2-8-17-25)22-13-23-29(26-18-9-3-10-19-26)27-20-11-4-12-21-27;7-1-3(9)5(11)6(12)4(10)2-8;/h1-12,14-21H,13,22-23H2;3-12H,1-2H2;/t;3-,4-,5-,6-;/m.1./s1. The molecule has 4 atom stereocenters. The van der Waals surface area contributed by atoms with Crippen molar-refractivity contribution in [2.24, 2.45) is 0 Å². The predicted octanol–water partition coefficient (Wildman–Crippen LogP) is 2.05. The Morgan fingerprint density at radius 2 is 0.667 bits per heavy atom. The van der Waals surface area contributed by atoms with Crippen LogP contribution in [0, 0.1) is 0 Å². The first kappa shape index (κ1) is 36.4. The fourth-order valence-corrected chi connectivity index (χ4v) is 9.26. The van der Waals surface area contributed by atoms with Crippen molar-refractivity contribution in [1.82, 2.24) is 0 Å². The van der Waals surface area contributed by atoms with Crippen LogP contribution in [0.3, 0.4) is 0 Å². The van der Waals surface area contributed by atoms with E-state index < -0.39 is 37.6 Å². The van der Waals surface area contributed by atoms with Crippen LogP contribution in [-0.4, -0.2) is 80.6 Å². The molecule has 0 saturated heterocycles. The number of benzene rings is 4. The number of hydrogen-bond acceptors (Lipinski definition) is 6. The van der Waals surface area contributed by atoms with Gasteiger partial charge in [-0.05, 0) is 55.8 Å². The molecular weight excluding hydrogens is 749 g/mol. The summed E-state index contributed by atoms with van der Waals surface area (Å²) in [4.78, 5) is 0. The fourth-order valence-electron chi connectivity index (χ4n) is 4.30. The van der Waals surface area contributed by atoms with E-state index in [-0.39, 0.29) is 36.9 Å². The Kier molecular flexibility index (Phi) is 17.5. The summed E-state index contributed by atoms with van der Waals surface area (Å²) in [6.07, 6.45) is -2.67. The fraction of sp³-hybridized carbons (Fsp3) is 0.273. The van der Waals surface area contributed by atoms with E-state index in [0.717, 1.165) is 0 Å². The number of aliphatic hydroxyl groups is 6. The molecule has 42 heavy (non-hydrogen) atoms. The van der Waals surface area contributed by atoms with Crippen molar-refractivity contribution in [3.05, 3.63) is 121 Å². The summed E-state index contributed by atoms with van der Waals surface area (Å²) in [6.45, 7) is -1.45. The maximum Gasteiger partial charge on any atom is 0.111 e. The van der Waals surface area contributed by atoms with E-state index in [2.05, 4.69) is 121 Å². The Hall–Kier alpha value is -1.81. The average Bonchev–Trinajstić information content (AvgIpc) is 3.05. The molecule has 228 valence electrons. The summed E-state index contributed by atoms with van der Waals surface area (Å²) in [5.74, 6) is 0. The predicted molar refractivity (Wildman–Crippen MR) is 171 cm³/mol. The van der Waals surface area contributed by atoms with Crippen LogP contribution in [0.1, 0.15) is 6.42 Å². The third-order valence-corrected chi connectivity index (χ3v) is 11.8. The molecule has 6 N–H and O–H groups in total. The van der Waals surface area contributed by atoms with Gasteiger partial charge in [-0.1, -0.05) is 121 Å². The molecule has 0 bridgehead atoms. The van der Waals surface area contributed by atoms with Gasteiger partial charge in [-0.15, -0.1) is 0 Å². The zero-order valence-corrected chi connectivity index (χ0v) is 27.3. The van der Waals surface area contributed by atoms with Crippen molar-refractivity contribution < 1.29 is 51.7 Å². The summed E-state index contributed by atoms with van der Waals surface area (Å²) < 4.78 is 0. The second-order valence-corrected chi connectivity index (χ2v) is 14.2. The van der Waals surface area contributed by atoms with E-state index in [1.54, 1.807) is 0 Å². The largest absolute Gasteiger partial charge is 0.394 e. The van der Waals surface area contributed by atoms with Crippen LogP contribution in [0.5, 0.6) is 0 Å². The normalized spacial score (nSPS) is 13.8. The van der Waals surface area contributed by atoms with Gasteiger partial charge in [-0.25, -0.2) is 0 Å². The second-order valence-electron chi connectivity index (χ2n) is 9.48. The van der Waals surface area contributed by atoms with Crippen molar-refractivity contribution in [3.63, 3.8) is 0 Å². The van der Waals surface area contributed by atoms with Crippen LogP contribution < -0.4 is 21.2 Å². The van der Waals surface area contributed by atoms with E-state index in [0.29, 0.717) is 0 Å². The molecule has 0 amide bonds. The van der Waals surface area contributed by atoms with E-state index in [1.165, 1.54) is 40.0 Å². The van der Waals surface area contributed by atoms with Gasteiger partial charge in [0.05, 0.1) is 13.2 Å². The topological polar surface area (TPSA) is 121 Å². The molecule has 0 aliphatic carbocycles. The summed E-state index contributed by atoms with van der Waals surface area (Å²) in [6, 6.07) is 44.3. The Bertz CT molecular complexity index is 1050. The van der Waals surface area contributed by atoms with E-state index in [1.807, 2.05) is 0 Å². The van der Waals surface area contributed by atoms with Crippen molar-refractivity contribution in [3.8, 4) is 0 Å². The molecule has 0 radical (unpaired) electrons. The first-order valence-corrected chi connectivity index (χ1v) is 16.7. The first-order valence-electron chi connectivity index (χ1n) is 13.7. The van der Waals surface area contributed by atoms with Crippen molar-refractivity contribution in [1.29, 1.82) is 0 Å². The minimum absolute atomic E-state index is 0. The number of rotatable bonds is 13. The van der Waals surface area contributed by atoms with Crippen LogP contribution in [0.2, 0.25) is 0 Å². The molecule has 0 fully saturated rings. The quantitative estimate of drug-likeness (QED) is 0.116. The van der Waals surface area contributed by atoms with Gasteiger partial charge in [0.1, 0.15) is 24.4 Å². The van der Waals surface area contributed by atoms with Gasteiger partial charge in [0.2, 0.25) is 0 Å². The molecule has 4 rings (SSSR count). The third kappa shape index (κ3) is 11.4. The Morgan fingerprint density at radius 1 is 0.429 bits per heavy atom. The Morgan fingerprint density at radius 3 is 0.881 bits per heavy atom. The zero-order valence-electron chi connectivity index (χ0n) is 23.3. The van der Waals surface area contributed by atoms with E-state index >= 15 is 0 Å². The zero-order chi connectivity index (χ0) is 29.5. The molecule has 9 heteroatoms. The van der Waals surface area contributed by atoms with Crippen LogP contribution in [0.25, 0.3) is 0 Å². The summed E-state index contributed by atoms with van der Waals surface area (Å²) in [5.41, 5.74) is 0. The van der Waals surface area contributed by atoms with Crippen LogP contribution in [0.15, 0.2) is 121 Å². The first-order chi connectivity index (χ1) is 20.0. The second kappa shape index (κ2) is 20.2. The van der Waals surface area contributed by atoms with Crippen molar-refractivity contribution in [2.45, 2.75) is 30.8 Å². The Balaban J connectivity index is 0.000000405. The number of aliphatic hydroxyl groups excluding tert-OH is 6. The maximum atomic E-state index is 8.96. The minimum Gasteiger partial charge on any atom is -0.394 e. The monoisotopic (exact) mass is 789 g/mol. The van der Waals surface area contributed by atoms with E-state index in [4.69, 9.17) is 30.6 Å². The van der Waals surface area contributed by atoms with Gasteiger partial charge >= 0.3 is 0 Å². The molecule has 6 nitrogen and oxygen atoms in total. The molecular formula is C33H40O6P2Pt. The molecule has 0 aromatic heterocycles. The SMILES string of the molecule is OC[C@@H](O)[C@@H](O)[C@H](O)[C@H](O)CO.[Pt].c1ccc(P(CCCP(c2ccccc2)c2ccccc2)c2ccccc2)cc1. The van der Waals surface area contributed by atoms with Crippen molar-refractivity contribution >= 4 is 37.1 Å². The summed E-state index contributed by atoms with van der Waals surface area (Å²) in [5, 5.41) is 58.1. The van der Waals surface area contributed by atoms with Gasteiger partial charge in [0.15, 0.2) is 0 Å². The van der Waals surface area contributed by atoms with Crippen LogP contribution in [-0.2, 0) is 21.1 Å². The third-order valence-electron chi connectivity index (χ3n) is 6.55. The van der Waals surface area contributed by atoms with Gasteiger partial charge in [-0.3, -0.25) is 0 Å². The van der Waals surface area contributed by atoms with Crippen LogP contribution in [0.4, 0.5) is 0 Å². The molecule has 4 aromatic carbocycles. The number of hydrogen-bond donors (Lipinski definition) is 6. The van der Waals surface area contributed by atoms with Crippen molar-refractivity contribution in [2.75, 3.05) is 25.5 Å². The smallest absolute Gasteiger partial charge is 0.111 e. The van der Waals surface area contributed by atoms with Gasteiger partial charge in [0.25, 0.3) is 0 Å². The van der Waals surface area contributed by atoms with Gasteiger partial charge < -0.3 is 30.6 Å². The average molecular weight is 790 g/mol. The van der Waals surface area contributed by atoms with Crippen LogP contribution >= 0.6 is 15.8 Å². The molecule has 0 unspecified atom stereocenters. The molecule has 0 spiro atoms. The van der Waals surface area contributed by atoms with Gasteiger partial charge in [0, 0.05) is 21.1 Å². The Labute approximate surface area is 265 Å². The minimum atomic E-state index is -1.67. The molecule has 4 aromatic rings. The molecule has 0 heterocycles.